The minimum atomic E-state index is -0.254. The van der Waals surface area contributed by atoms with Crippen molar-refractivity contribution in [2.75, 3.05) is 26.5 Å². The lowest BCUT2D eigenvalue weighted by molar-refractivity contribution is 0.124. The molecule has 0 aliphatic heterocycles. The summed E-state index contributed by atoms with van der Waals surface area (Å²) < 4.78 is 0. The normalized spacial score (nSPS) is 18.4. The van der Waals surface area contributed by atoms with E-state index in [2.05, 4.69) is 66.4 Å². The summed E-state index contributed by atoms with van der Waals surface area (Å²) in [6.07, 6.45) is 11.3. The van der Waals surface area contributed by atoms with Crippen LogP contribution < -0.4 is 5.32 Å². The average molecular weight is 489 g/mol. The van der Waals surface area contributed by atoms with E-state index in [0.717, 1.165) is 70.6 Å². The van der Waals surface area contributed by atoms with Gasteiger partial charge in [0.25, 0.3) is 0 Å². The number of aliphatic imine (C=N–C) groups is 1. The molecule has 1 fully saturated rings. The monoisotopic (exact) mass is 488 g/mol. The molecule has 3 rings (SSSR count). The molecule has 0 saturated heterocycles. The van der Waals surface area contributed by atoms with E-state index in [1.54, 1.807) is 7.05 Å². The lowest BCUT2D eigenvalue weighted by Crippen LogP contribution is -2.30. The molecule has 5 heteroatoms. The molecule has 1 heterocycles. The molecule has 1 aliphatic rings. The van der Waals surface area contributed by atoms with Crippen LogP contribution in [-0.2, 0) is 0 Å². The third kappa shape index (κ3) is 7.66. The minimum Gasteiger partial charge on any atom is -0.393 e. The summed E-state index contributed by atoms with van der Waals surface area (Å²) in [4.78, 5) is 11.4. The summed E-state index contributed by atoms with van der Waals surface area (Å²) in [5.41, 5.74) is 7.33. The van der Waals surface area contributed by atoms with E-state index in [1.165, 1.54) is 0 Å². The molecule has 1 saturated carbocycles. The summed E-state index contributed by atoms with van der Waals surface area (Å²) in [7, 11) is 5.80. The Labute approximate surface area is 218 Å². The van der Waals surface area contributed by atoms with E-state index in [-0.39, 0.29) is 12.1 Å². The van der Waals surface area contributed by atoms with Crippen molar-refractivity contribution in [3.8, 4) is 11.3 Å². The molecule has 0 amide bonds. The maximum atomic E-state index is 10.2. The maximum absolute atomic E-state index is 10.2. The fourth-order valence-electron chi connectivity index (χ4n) is 4.53. The van der Waals surface area contributed by atoms with Gasteiger partial charge in [0.15, 0.2) is 0 Å². The molecular weight excluding hydrogens is 444 g/mol. The van der Waals surface area contributed by atoms with Crippen LogP contribution in [0.4, 0.5) is 5.82 Å². The first-order valence-electron chi connectivity index (χ1n) is 13.0. The second-order valence-electron chi connectivity index (χ2n) is 9.18. The molecule has 2 atom stereocenters. The van der Waals surface area contributed by atoms with Crippen molar-refractivity contribution >= 4 is 23.2 Å². The van der Waals surface area contributed by atoms with Crippen molar-refractivity contribution < 1.29 is 5.11 Å². The van der Waals surface area contributed by atoms with Crippen molar-refractivity contribution in [1.29, 1.82) is 0 Å². The van der Waals surface area contributed by atoms with E-state index >= 15 is 0 Å². The first-order chi connectivity index (χ1) is 17.4. The molecule has 1 aromatic heterocycles. The fourth-order valence-corrected chi connectivity index (χ4v) is 4.53. The van der Waals surface area contributed by atoms with Crippen LogP contribution in [0.3, 0.4) is 0 Å². The number of rotatable bonds is 8. The molecule has 5 nitrogen and oxygen atoms in total. The highest BCUT2D eigenvalue weighted by atomic mass is 16.3. The number of hydrogen-bond acceptors (Lipinski definition) is 5. The van der Waals surface area contributed by atoms with E-state index in [0.29, 0.717) is 0 Å². The zero-order valence-corrected chi connectivity index (χ0v) is 23.2. The number of aliphatic hydroxyl groups is 1. The van der Waals surface area contributed by atoms with Crippen molar-refractivity contribution in [2.45, 2.75) is 65.5 Å². The number of aliphatic hydroxyl groups excluding tert-OH is 1. The van der Waals surface area contributed by atoms with Gasteiger partial charge in [0.1, 0.15) is 5.82 Å². The van der Waals surface area contributed by atoms with Crippen LogP contribution in [0.2, 0.25) is 0 Å². The summed E-state index contributed by atoms with van der Waals surface area (Å²) in [5.74, 6) is 0.839. The molecule has 2 unspecified atom stereocenters. The molecule has 1 aromatic carbocycles. The number of pyridine rings is 1. The van der Waals surface area contributed by atoms with E-state index in [4.69, 9.17) is 4.98 Å². The third-order valence-electron chi connectivity index (χ3n) is 6.18. The van der Waals surface area contributed by atoms with Gasteiger partial charge in [0, 0.05) is 50.7 Å². The molecule has 0 bridgehead atoms. The Morgan fingerprint density at radius 3 is 2.56 bits per heavy atom. The molecule has 1 aliphatic carbocycles. The largest absolute Gasteiger partial charge is 0.393 e. The summed E-state index contributed by atoms with van der Waals surface area (Å²) in [6, 6.07) is 10.8. The van der Waals surface area contributed by atoms with E-state index < -0.39 is 0 Å². The average Bonchev–Trinajstić information content (AvgIpc) is 2.88. The second-order valence-corrected chi connectivity index (χ2v) is 9.18. The Kier molecular flexibility index (Phi) is 11.6. The predicted molar refractivity (Wildman–Crippen MR) is 158 cm³/mol. The smallest absolute Gasteiger partial charge is 0.134 e. The topological polar surface area (TPSA) is 60.8 Å². The molecular formula is C31H44N4O. The summed E-state index contributed by atoms with van der Waals surface area (Å²) >= 11 is 0. The zero-order chi connectivity index (χ0) is 26.7. The Hall–Kier alpha value is -3.18. The molecule has 0 radical (unpaired) electrons. The number of benzene rings is 1. The lowest BCUT2D eigenvalue weighted by Gasteiger charge is -2.28. The lowest BCUT2D eigenvalue weighted by atomic mass is 9.92. The highest BCUT2D eigenvalue weighted by Crippen LogP contribution is 2.33. The van der Waals surface area contributed by atoms with Gasteiger partial charge in [-0.3, -0.25) is 4.99 Å². The van der Waals surface area contributed by atoms with Crippen molar-refractivity contribution in [1.82, 2.24) is 9.88 Å². The molecule has 36 heavy (non-hydrogen) atoms. The van der Waals surface area contributed by atoms with E-state index in [1.807, 2.05) is 52.1 Å². The quantitative estimate of drug-likeness (QED) is 0.310. The maximum Gasteiger partial charge on any atom is 0.134 e. The SMILES string of the molecule is C=C/C(=C\N(C)C)c1cccc(-c2nc(NC3CCCC(O)C3)c(/C(C=NC)=C/C)cc2C)c1.CC. The molecule has 0 spiro atoms. The second kappa shape index (κ2) is 14.4. The molecule has 2 aromatic rings. The predicted octanol–water partition coefficient (Wildman–Crippen LogP) is 6.99. The molecule has 2 N–H and O–H groups in total. The van der Waals surface area contributed by atoms with Crippen molar-refractivity contribution in [3.63, 3.8) is 0 Å². The highest BCUT2D eigenvalue weighted by Gasteiger charge is 2.22. The van der Waals surface area contributed by atoms with Gasteiger partial charge < -0.3 is 15.3 Å². The Morgan fingerprint density at radius 1 is 1.19 bits per heavy atom. The third-order valence-corrected chi connectivity index (χ3v) is 6.18. The van der Waals surface area contributed by atoms with Crippen LogP contribution in [0.5, 0.6) is 0 Å². The number of nitrogens with one attached hydrogen (secondary N) is 1. The zero-order valence-electron chi connectivity index (χ0n) is 23.2. The van der Waals surface area contributed by atoms with Crippen molar-refractivity contribution in [3.05, 3.63) is 72.0 Å². The summed E-state index contributed by atoms with van der Waals surface area (Å²) in [6.45, 7) is 12.1. The van der Waals surface area contributed by atoms with Gasteiger partial charge in [-0.15, -0.1) is 0 Å². The molecule has 194 valence electrons. The van der Waals surface area contributed by atoms with Crippen LogP contribution in [0.15, 0.2) is 60.3 Å². The number of aryl methyl sites for hydroxylation is 1. The Bertz CT molecular complexity index is 1100. The number of nitrogens with zero attached hydrogens (tertiary/aromatic N) is 3. The van der Waals surface area contributed by atoms with Crippen molar-refractivity contribution in [2.24, 2.45) is 4.99 Å². The van der Waals surface area contributed by atoms with Gasteiger partial charge in [-0.05, 0) is 73.9 Å². The number of aromatic nitrogens is 1. The number of hydrogen-bond donors (Lipinski definition) is 2. The van der Waals surface area contributed by atoms with Crippen LogP contribution in [-0.4, -0.2) is 54.5 Å². The van der Waals surface area contributed by atoms with Crippen LogP contribution in [0, 0.1) is 6.92 Å². The van der Waals surface area contributed by atoms with Gasteiger partial charge >= 0.3 is 0 Å². The Morgan fingerprint density at radius 2 is 1.94 bits per heavy atom. The number of allylic oxidation sites excluding steroid dienone is 4. The van der Waals surface area contributed by atoms with E-state index in [9.17, 15) is 5.11 Å². The summed E-state index contributed by atoms with van der Waals surface area (Å²) in [5, 5.41) is 13.9. The standard InChI is InChI=1S/C29H38N4O.C2H6/c1-7-21(18-30-4)27-15-20(3)28(32-29(27)31-25-13-10-14-26(34)17-25)24-12-9-11-23(16-24)22(8-2)19-33(5)6;1-2/h7-9,11-12,15-16,18-19,25-26,34H,2,10,13-14,17H2,1,3-6H3,(H,31,32);1-2H3/b21-7+,22-19+,30-18?;. The van der Waals surface area contributed by atoms with Crippen LogP contribution >= 0.6 is 0 Å². The van der Waals surface area contributed by atoms with Gasteiger partial charge in [-0.2, -0.15) is 0 Å². The Balaban J connectivity index is 0.00000222. The minimum absolute atomic E-state index is 0.198. The van der Waals surface area contributed by atoms with Gasteiger partial charge in [0.2, 0.25) is 0 Å². The van der Waals surface area contributed by atoms with Gasteiger partial charge in [-0.1, -0.05) is 50.8 Å². The van der Waals surface area contributed by atoms with Gasteiger partial charge in [0.05, 0.1) is 11.8 Å². The fraction of sp³-hybridized carbons (Fsp3) is 0.419. The number of anilines is 1. The van der Waals surface area contributed by atoms with Crippen LogP contribution in [0.25, 0.3) is 22.4 Å². The van der Waals surface area contributed by atoms with Crippen LogP contribution in [0.1, 0.15) is 63.1 Å². The van der Waals surface area contributed by atoms with Gasteiger partial charge in [-0.25, -0.2) is 4.98 Å². The first-order valence-corrected chi connectivity index (χ1v) is 13.0. The first kappa shape index (κ1) is 29.1. The highest BCUT2D eigenvalue weighted by molar-refractivity contribution is 6.11.